The van der Waals surface area contributed by atoms with Crippen LogP contribution in [0, 0.1) is 0 Å². The molecule has 0 heterocycles. The second-order valence-electron chi connectivity index (χ2n) is 2.79. The Morgan fingerprint density at radius 2 is 2.20 bits per heavy atom. The van der Waals surface area contributed by atoms with Crippen molar-refractivity contribution in [2.24, 2.45) is 0 Å². The highest BCUT2D eigenvalue weighted by atomic mass is 32.2. The number of sulfonamides is 1. The third kappa shape index (κ3) is 5.50. The molecule has 88 valence electrons. The highest BCUT2D eigenvalue weighted by Crippen LogP contribution is 2.01. The van der Waals surface area contributed by atoms with Gasteiger partial charge in [0.15, 0.2) is 0 Å². The molecule has 0 aromatic carbocycles. The molecule has 0 aromatic heterocycles. The third-order valence-electron chi connectivity index (χ3n) is 1.58. The van der Waals surface area contributed by atoms with Crippen molar-refractivity contribution in [2.45, 2.75) is 0 Å². The number of methoxy groups -OCH3 is 1. The van der Waals surface area contributed by atoms with Gasteiger partial charge in [-0.1, -0.05) is 6.08 Å². The Labute approximate surface area is 89.2 Å². The Morgan fingerprint density at radius 1 is 1.60 bits per heavy atom. The molecule has 0 radical (unpaired) electrons. The van der Waals surface area contributed by atoms with E-state index >= 15 is 0 Å². The van der Waals surface area contributed by atoms with E-state index in [4.69, 9.17) is 9.84 Å². The Balaban J connectivity index is 4.59. The number of aliphatic carboxylic acids is 1. The lowest BCUT2D eigenvalue weighted by molar-refractivity contribution is -0.137. The third-order valence-corrected chi connectivity index (χ3v) is 3.33. The minimum absolute atomic E-state index is 0.0268. The van der Waals surface area contributed by atoms with E-state index in [1.807, 2.05) is 0 Å². The van der Waals surface area contributed by atoms with Gasteiger partial charge in [0.2, 0.25) is 10.0 Å². The number of carbonyl (C=O) groups is 1. The van der Waals surface area contributed by atoms with Crippen LogP contribution in [0.1, 0.15) is 0 Å². The van der Waals surface area contributed by atoms with Crippen molar-refractivity contribution >= 4 is 16.0 Å². The lowest BCUT2D eigenvalue weighted by atomic mass is 10.6. The molecule has 6 nitrogen and oxygen atoms in total. The summed E-state index contributed by atoms with van der Waals surface area (Å²) in [5, 5.41) is 8.54. The average Bonchev–Trinajstić information content (AvgIpc) is 2.11. The van der Waals surface area contributed by atoms with E-state index in [9.17, 15) is 13.2 Å². The maximum absolute atomic E-state index is 11.5. The van der Waals surface area contributed by atoms with Crippen molar-refractivity contribution in [1.82, 2.24) is 4.31 Å². The molecule has 1 N–H and O–H groups in total. The minimum atomic E-state index is -3.59. The van der Waals surface area contributed by atoms with E-state index in [2.05, 4.69) is 6.58 Å². The largest absolute Gasteiger partial charge is 0.480 e. The summed E-state index contributed by atoms with van der Waals surface area (Å²) in [6.07, 6.45) is 1.22. The lowest BCUT2D eigenvalue weighted by Gasteiger charge is -2.18. The van der Waals surface area contributed by atoms with Gasteiger partial charge in [-0.3, -0.25) is 4.79 Å². The maximum Gasteiger partial charge on any atom is 0.318 e. The number of ether oxygens (including phenoxy) is 1. The molecule has 0 spiro atoms. The summed E-state index contributed by atoms with van der Waals surface area (Å²) < 4.78 is 28.6. The molecule has 0 saturated carbocycles. The number of nitrogens with zero attached hydrogens (tertiary/aromatic N) is 1. The van der Waals surface area contributed by atoms with Crippen LogP contribution in [0.4, 0.5) is 0 Å². The summed E-state index contributed by atoms with van der Waals surface area (Å²) in [6.45, 7) is 2.93. The highest BCUT2D eigenvalue weighted by molar-refractivity contribution is 7.89. The second kappa shape index (κ2) is 6.54. The number of carboxylic acids is 1. The van der Waals surface area contributed by atoms with Gasteiger partial charge in [0, 0.05) is 13.7 Å². The number of hydrogen-bond acceptors (Lipinski definition) is 4. The molecule has 0 rings (SSSR count). The molecule has 0 amide bonds. The number of rotatable bonds is 8. The van der Waals surface area contributed by atoms with Gasteiger partial charge >= 0.3 is 5.97 Å². The first-order valence-electron chi connectivity index (χ1n) is 4.23. The summed E-state index contributed by atoms with van der Waals surface area (Å²) in [4.78, 5) is 10.5. The molecular weight excluding hydrogens is 222 g/mol. The van der Waals surface area contributed by atoms with Crippen LogP contribution >= 0.6 is 0 Å². The summed E-state index contributed by atoms with van der Waals surface area (Å²) in [5.41, 5.74) is 0. The van der Waals surface area contributed by atoms with Crippen LogP contribution in [0.25, 0.3) is 0 Å². The molecule has 0 aliphatic rings. The molecular formula is C8H15NO5S. The fourth-order valence-electron chi connectivity index (χ4n) is 0.915. The molecule has 0 aliphatic heterocycles. The predicted molar refractivity (Wildman–Crippen MR) is 55.1 cm³/mol. The van der Waals surface area contributed by atoms with Crippen molar-refractivity contribution in [3.8, 4) is 0 Å². The van der Waals surface area contributed by atoms with Gasteiger partial charge in [0.1, 0.15) is 6.54 Å². The molecule has 0 bridgehead atoms. The van der Waals surface area contributed by atoms with E-state index in [-0.39, 0.29) is 18.9 Å². The van der Waals surface area contributed by atoms with E-state index in [0.717, 1.165) is 4.31 Å². The first kappa shape index (κ1) is 14.1. The average molecular weight is 237 g/mol. The van der Waals surface area contributed by atoms with E-state index < -0.39 is 22.5 Å². The van der Waals surface area contributed by atoms with Crippen molar-refractivity contribution in [1.29, 1.82) is 0 Å². The smallest absolute Gasteiger partial charge is 0.318 e. The molecule has 7 heteroatoms. The van der Waals surface area contributed by atoms with Crippen LogP contribution < -0.4 is 0 Å². The SMILES string of the molecule is C=CCS(=O)(=O)N(CCOC)CC(=O)O. The van der Waals surface area contributed by atoms with Crippen LogP contribution in [0.3, 0.4) is 0 Å². The van der Waals surface area contributed by atoms with Gasteiger partial charge in [-0.15, -0.1) is 6.58 Å². The second-order valence-corrected chi connectivity index (χ2v) is 4.80. The zero-order chi connectivity index (χ0) is 11.9. The topological polar surface area (TPSA) is 83.9 Å². The van der Waals surface area contributed by atoms with Crippen molar-refractivity contribution in [3.05, 3.63) is 12.7 Å². The first-order chi connectivity index (χ1) is 6.94. The van der Waals surface area contributed by atoms with Gasteiger partial charge in [-0.05, 0) is 0 Å². The van der Waals surface area contributed by atoms with Gasteiger partial charge < -0.3 is 9.84 Å². The normalized spacial score (nSPS) is 11.6. The molecule has 0 aliphatic carbocycles. The Morgan fingerprint density at radius 3 is 2.60 bits per heavy atom. The summed E-state index contributed by atoms with van der Waals surface area (Å²) in [6, 6.07) is 0. The van der Waals surface area contributed by atoms with Crippen LogP contribution in [0.15, 0.2) is 12.7 Å². The van der Waals surface area contributed by atoms with Crippen molar-refractivity contribution in [2.75, 3.05) is 32.6 Å². The van der Waals surface area contributed by atoms with E-state index in [1.165, 1.54) is 13.2 Å². The standard InChI is InChI=1S/C8H15NO5S/c1-3-6-15(12,13)9(4-5-14-2)7-8(10)11/h3H,1,4-7H2,2H3,(H,10,11). The highest BCUT2D eigenvalue weighted by Gasteiger charge is 2.22. The fraction of sp³-hybridized carbons (Fsp3) is 0.625. The zero-order valence-electron chi connectivity index (χ0n) is 8.55. The van der Waals surface area contributed by atoms with Crippen LogP contribution in [-0.4, -0.2) is 56.4 Å². The van der Waals surface area contributed by atoms with Gasteiger partial charge in [-0.25, -0.2) is 8.42 Å². The Kier molecular flexibility index (Phi) is 6.14. The molecule has 0 fully saturated rings. The van der Waals surface area contributed by atoms with E-state index in [1.54, 1.807) is 0 Å². The fourth-order valence-corrected chi connectivity index (χ4v) is 2.08. The van der Waals surface area contributed by atoms with Gasteiger partial charge in [0.05, 0.1) is 12.4 Å². The first-order valence-corrected chi connectivity index (χ1v) is 5.84. The minimum Gasteiger partial charge on any atom is -0.480 e. The maximum atomic E-state index is 11.5. The molecule has 0 atom stereocenters. The van der Waals surface area contributed by atoms with Crippen LogP contribution in [0.2, 0.25) is 0 Å². The zero-order valence-corrected chi connectivity index (χ0v) is 9.37. The molecule has 15 heavy (non-hydrogen) atoms. The Hall–Kier alpha value is -0.920. The molecule has 0 aromatic rings. The number of carboxylic acid groups (broad SMARTS) is 1. The summed E-state index contributed by atoms with van der Waals surface area (Å²) in [7, 11) is -2.17. The van der Waals surface area contributed by atoms with Gasteiger partial charge in [-0.2, -0.15) is 4.31 Å². The summed E-state index contributed by atoms with van der Waals surface area (Å²) >= 11 is 0. The van der Waals surface area contributed by atoms with E-state index in [0.29, 0.717) is 0 Å². The molecule has 0 saturated heterocycles. The van der Waals surface area contributed by atoms with Crippen molar-refractivity contribution < 1.29 is 23.1 Å². The predicted octanol–water partition coefficient (Wildman–Crippen LogP) is -0.465. The summed E-state index contributed by atoms with van der Waals surface area (Å²) in [5.74, 6) is -1.47. The number of hydrogen-bond donors (Lipinski definition) is 1. The monoisotopic (exact) mass is 237 g/mol. The quantitative estimate of drug-likeness (QED) is 0.577. The lowest BCUT2D eigenvalue weighted by Crippen LogP contribution is -2.39. The van der Waals surface area contributed by atoms with Gasteiger partial charge in [0.25, 0.3) is 0 Å². The molecule has 0 unspecified atom stereocenters. The van der Waals surface area contributed by atoms with Crippen molar-refractivity contribution in [3.63, 3.8) is 0 Å². The Bertz CT molecular complexity index is 311. The van der Waals surface area contributed by atoms with Crippen LogP contribution in [-0.2, 0) is 19.6 Å². The van der Waals surface area contributed by atoms with Crippen LogP contribution in [0.5, 0.6) is 0 Å².